The Hall–Kier alpha value is -1.61. The maximum absolute atomic E-state index is 12.3. The third kappa shape index (κ3) is 3.28. The number of ether oxygens (including phenoxy) is 1. The number of hydrogen-bond donors (Lipinski definition) is 0. The predicted octanol–water partition coefficient (Wildman–Crippen LogP) is 4.99. The summed E-state index contributed by atoms with van der Waals surface area (Å²) in [6, 6.07) is 6.25. The first-order valence-electron chi connectivity index (χ1n) is 6.65. The van der Waals surface area contributed by atoms with Crippen molar-refractivity contribution in [1.29, 1.82) is 0 Å². The van der Waals surface area contributed by atoms with Crippen molar-refractivity contribution in [3.8, 4) is 11.1 Å². The average molecular weight is 288 g/mol. The van der Waals surface area contributed by atoms with Gasteiger partial charge in [0, 0.05) is 10.9 Å². The molecule has 106 valence electrons. The van der Waals surface area contributed by atoms with Crippen LogP contribution in [0.1, 0.15) is 42.3 Å². The van der Waals surface area contributed by atoms with Crippen LogP contribution in [0.15, 0.2) is 29.0 Å². The van der Waals surface area contributed by atoms with E-state index in [0.717, 1.165) is 11.1 Å². The van der Waals surface area contributed by atoms with Crippen molar-refractivity contribution in [1.82, 2.24) is 0 Å². The van der Waals surface area contributed by atoms with E-state index < -0.39 is 5.60 Å². The number of aryl methyl sites for hydroxylation is 2. The Bertz CT molecular complexity index is 633. The molecule has 0 unspecified atom stereocenters. The van der Waals surface area contributed by atoms with Crippen molar-refractivity contribution in [2.45, 2.75) is 40.2 Å². The molecule has 0 fully saturated rings. The smallest absolute Gasteiger partial charge is 0.340 e. The average Bonchev–Trinajstić information content (AvgIpc) is 2.79. The van der Waals surface area contributed by atoms with E-state index in [4.69, 9.17) is 4.74 Å². The van der Waals surface area contributed by atoms with Crippen LogP contribution in [-0.4, -0.2) is 11.6 Å². The van der Waals surface area contributed by atoms with Gasteiger partial charge in [-0.05, 0) is 56.7 Å². The highest BCUT2D eigenvalue weighted by atomic mass is 32.1. The van der Waals surface area contributed by atoms with E-state index in [-0.39, 0.29) is 5.97 Å². The van der Waals surface area contributed by atoms with Gasteiger partial charge in [-0.2, -0.15) is 11.3 Å². The first-order chi connectivity index (χ1) is 9.28. The topological polar surface area (TPSA) is 26.3 Å². The van der Waals surface area contributed by atoms with Crippen molar-refractivity contribution in [2.24, 2.45) is 0 Å². The van der Waals surface area contributed by atoms with Gasteiger partial charge in [0.15, 0.2) is 0 Å². The molecule has 2 aromatic rings. The molecule has 1 aromatic carbocycles. The number of rotatable bonds is 2. The molecule has 1 aromatic heterocycles. The van der Waals surface area contributed by atoms with Gasteiger partial charge in [0.05, 0.1) is 5.56 Å². The van der Waals surface area contributed by atoms with Crippen molar-refractivity contribution >= 4 is 17.3 Å². The van der Waals surface area contributed by atoms with Crippen LogP contribution >= 0.6 is 11.3 Å². The van der Waals surface area contributed by atoms with E-state index in [1.807, 2.05) is 31.5 Å². The summed E-state index contributed by atoms with van der Waals surface area (Å²) >= 11 is 1.52. The minimum Gasteiger partial charge on any atom is -0.456 e. The largest absolute Gasteiger partial charge is 0.456 e. The third-order valence-electron chi connectivity index (χ3n) is 3.10. The Balaban J connectivity index is 2.37. The SMILES string of the molecule is Cc1ccc(-c2cscc2C(=O)OC(C)(C)C)cc1C. The molecule has 1 heterocycles. The highest BCUT2D eigenvalue weighted by molar-refractivity contribution is 7.08. The van der Waals surface area contributed by atoms with Crippen LogP contribution < -0.4 is 0 Å². The van der Waals surface area contributed by atoms with Crippen LogP contribution in [-0.2, 0) is 4.74 Å². The summed E-state index contributed by atoms with van der Waals surface area (Å²) in [6.07, 6.45) is 0. The molecule has 0 aliphatic rings. The molecule has 0 aliphatic heterocycles. The molecule has 0 saturated heterocycles. The Kier molecular flexibility index (Phi) is 4.00. The van der Waals surface area contributed by atoms with Crippen molar-refractivity contribution in [2.75, 3.05) is 0 Å². The number of esters is 1. The molecule has 20 heavy (non-hydrogen) atoms. The normalized spacial score (nSPS) is 11.4. The van der Waals surface area contributed by atoms with Gasteiger partial charge in [-0.15, -0.1) is 0 Å². The maximum atomic E-state index is 12.3. The second kappa shape index (κ2) is 5.41. The molecule has 3 heteroatoms. The van der Waals surface area contributed by atoms with Gasteiger partial charge in [-0.25, -0.2) is 4.79 Å². The van der Waals surface area contributed by atoms with Crippen molar-refractivity contribution in [3.05, 3.63) is 45.6 Å². The van der Waals surface area contributed by atoms with Gasteiger partial charge >= 0.3 is 5.97 Å². The van der Waals surface area contributed by atoms with E-state index in [2.05, 4.69) is 32.0 Å². The van der Waals surface area contributed by atoms with E-state index in [1.165, 1.54) is 22.5 Å². The lowest BCUT2D eigenvalue weighted by atomic mass is 10.00. The number of thiophene rings is 1. The molecule has 0 bridgehead atoms. The zero-order valence-corrected chi connectivity index (χ0v) is 13.4. The van der Waals surface area contributed by atoms with Crippen molar-refractivity contribution in [3.63, 3.8) is 0 Å². The minimum atomic E-state index is -0.473. The van der Waals surface area contributed by atoms with Crippen LogP contribution in [0.3, 0.4) is 0 Å². The zero-order valence-electron chi connectivity index (χ0n) is 12.6. The second-order valence-electron chi connectivity index (χ2n) is 6.00. The van der Waals surface area contributed by atoms with Gasteiger partial charge < -0.3 is 4.74 Å². The predicted molar refractivity (Wildman–Crippen MR) is 84.4 cm³/mol. The zero-order chi connectivity index (χ0) is 14.9. The first kappa shape index (κ1) is 14.8. The van der Waals surface area contributed by atoms with Gasteiger partial charge in [0.1, 0.15) is 5.60 Å². The Morgan fingerprint density at radius 2 is 1.80 bits per heavy atom. The first-order valence-corrected chi connectivity index (χ1v) is 7.59. The number of hydrogen-bond acceptors (Lipinski definition) is 3. The standard InChI is InChI=1S/C17H20O2S/c1-11-6-7-13(8-12(11)2)14-9-20-10-15(14)16(18)19-17(3,4)5/h6-10H,1-5H3. The highest BCUT2D eigenvalue weighted by Crippen LogP contribution is 2.30. The third-order valence-corrected chi connectivity index (χ3v) is 3.84. The maximum Gasteiger partial charge on any atom is 0.340 e. The lowest BCUT2D eigenvalue weighted by molar-refractivity contribution is 0.00710. The number of benzene rings is 1. The quantitative estimate of drug-likeness (QED) is 0.728. The molecule has 2 rings (SSSR count). The highest BCUT2D eigenvalue weighted by Gasteiger charge is 2.21. The van der Waals surface area contributed by atoms with E-state index >= 15 is 0 Å². The summed E-state index contributed by atoms with van der Waals surface area (Å²) in [5.74, 6) is -0.257. The van der Waals surface area contributed by atoms with Crippen LogP contribution in [0, 0.1) is 13.8 Å². The Morgan fingerprint density at radius 3 is 2.40 bits per heavy atom. The monoisotopic (exact) mass is 288 g/mol. The second-order valence-corrected chi connectivity index (χ2v) is 6.74. The van der Waals surface area contributed by atoms with Crippen LogP contribution in [0.4, 0.5) is 0 Å². The molecule has 0 amide bonds. The Labute approximate surface area is 124 Å². The summed E-state index contributed by atoms with van der Waals surface area (Å²) in [5, 5.41) is 3.86. The van der Waals surface area contributed by atoms with Gasteiger partial charge in [0.2, 0.25) is 0 Å². The van der Waals surface area contributed by atoms with Crippen LogP contribution in [0.25, 0.3) is 11.1 Å². The summed E-state index contributed by atoms with van der Waals surface area (Å²) < 4.78 is 5.47. The van der Waals surface area contributed by atoms with Gasteiger partial charge in [-0.3, -0.25) is 0 Å². The van der Waals surface area contributed by atoms with E-state index in [9.17, 15) is 4.79 Å². The lowest BCUT2D eigenvalue weighted by Gasteiger charge is -2.19. The molecular formula is C17H20O2S. The molecule has 0 aliphatic carbocycles. The molecule has 2 nitrogen and oxygen atoms in total. The van der Waals surface area contributed by atoms with E-state index in [1.54, 1.807) is 0 Å². The van der Waals surface area contributed by atoms with Crippen LogP contribution in [0.5, 0.6) is 0 Å². The van der Waals surface area contributed by atoms with Crippen molar-refractivity contribution < 1.29 is 9.53 Å². The number of carbonyl (C=O) groups is 1. The van der Waals surface area contributed by atoms with Crippen LogP contribution in [0.2, 0.25) is 0 Å². The molecule has 0 atom stereocenters. The van der Waals surface area contributed by atoms with Gasteiger partial charge in [0.25, 0.3) is 0 Å². The summed E-state index contributed by atoms with van der Waals surface area (Å²) in [4.78, 5) is 12.3. The molecule has 0 radical (unpaired) electrons. The van der Waals surface area contributed by atoms with Gasteiger partial charge in [-0.1, -0.05) is 18.2 Å². The fourth-order valence-corrected chi connectivity index (χ4v) is 2.75. The fraction of sp³-hybridized carbons (Fsp3) is 0.353. The molecule has 0 saturated carbocycles. The molecule has 0 spiro atoms. The summed E-state index contributed by atoms with van der Waals surface area (Å²) in [5.41, 5.74) is 4.67. The minimum absolute atomic E-state index is 0.257. The van der Waals surface area contributed by atoms with E-state index in [0.29, 0.717) is 5.56 Å². The summed E-state index contributed by atoms with van der Waals surface area (Å²) in [6.45, 7) is 9.81. The fourth-order valence-electron chi connectivity index (χ4n) is 1.92. The lowest BCUT2D eigenvalue weighted by Crippen LogP contribution is -2.23. The number of carbonyl (C=O) groups excluding carboxylic acids is 1. The molecule has 0 N–H and O–H groups in total. The summed E-state index contributed by atoms with van der Waals surface area (Å²) in [7, 11) is 0. The Morgan fingerprint density at radius 1 is 1.10 bits per heavy atom. The molecular weight excluding hydrogens is 268 g/mol.